The topological polar surface area (TPSA) is 40.5 Å². The van der Waals surface area contributed by atoms with Crippen LogP contribution in [0.25, 0.3) is 0 Å². The van der Waals surface area contributed by atoms with Crippen molar-refractivity contribution in [2.45, 2.75) is 6.54 Å². The lowest BCUT2D eigenvalue weighted by Gasteiger charge is -2.11. The summed E-state index contributed by atoms with van der Waals surface area (Å²) in [7, 11) is 1.56. The van der Waals surface area contributed by atoms with E-state index in [9.17, 15) is 4.79 Å². The van der Waals surface area contributed by atoms with Crippen molar-refractivity contribution >= 4 is 6.29 Å². The van der Waals surface area contributed by atoms with E-state index >= 15 is 0 Å². The quantitative estimate of drug-likeness (QED) is 0.734. The molecule has 0 radical (unpaired) electrons. The molecule has 0 fully saturated rings. The summed E-state index contributed by atoms with van der Waals surface area (Å²) >= 11 is 0. The van der Waals surface area contributed by atoms with Gasteiger partial charge in [0.15, 0.2) is 11.5 Å². The number of benzene rings is 1. The standard InChI is InChI=1S/C14H15NO3/c1-17-14-10-12(11-16)4-5-13(14)18-9-8-15-6-2-3-7-15/h2-7,10-11H,8-9H2,1H3. The highest BCUT2D eigenvalue weighted by Crippen LogP contribution is 2.27. The molecule has 4 heteroatoms. The molecule has 4 nitrogen and oxygen atoms in total. The van der Waals surface area contributed by atoms with E-state index in [2.05, 4.69) is 0 Å². The van der Waals surface area contributed by atoms with Crippen LogP contribution < -0.4 is 9.47 Å². The van der Waals surface area contributed by atoms with E-state index in [1.54, 1.807) is 25.3 Å². The number of methoxy groups -OCH3 is 1. The first-order valence-corrected chi connectivity index (χ1v) is 5.70. The molecule has 0 aliphatic carbocycles. The molecule has 0 aliphatic rings. The molecule has 2 rings (SSSR count). The predicted molar refractivity (Wildman–Crippen MR) is 68.3 cm³/mol. The molecule has 0 bridgehead atoms. The second-order valence-corrected chi connectivity index (χ2v) is 3.80. The van der Waals surface area contributed by atoms with Crippen molar-refractivity contribution in [3.63, 3.8) is 0 Å². The second kappa shape index (κ2) is 5.91. The molecule has 0 aliphatic heterocycles. The van der Waals surface area contributed by atoms with Crippen LogP contribution in [0.3, 0.4) is 0 Å². The van der Waals surface area contributed by atoms with Crippen LogP contribution >= 0.6 is 0 Å². The Bertz CT molecular complexity index is 506. The summed E-state index contributed by atoms with van der Waals surface area (Å²) < 4.78 is 12.9. The van der Waals surface area contributed by atoms with Gasteiger partial charge < -0.3 is 14.0 Å². The van der Waals surface area contributed by atoms with Crippen LogP contribution in [0.4, 0.5) is 0 Å². The van der Waals surface area contributed by atoms with Gasteiger partial charge in [0.2, 0.25) is 0 Å². The van der Waals surface area contributed by atoms with Gasteiger partial charge in [0.05, 0.1) is 13.7 Å². The lowest BCUT2D eigenvalue weighted by atomic mass is 10.2. The number of aldehydes is 1. The number of hydrogen-bond donors (Lipinski definition) is 0. The van der Waals surface area contributed by atoms with Gasteiger partial charge in [-0.05, 0) is 30.3 Å². The summed E-state index contributed by atoms with van der Waals surface area (Å²) in [5, 5.41) is 0. The van der Waals surface area contributed by atoms with E-state index in [1.807, 2.05) is 29.1 Å². The fourth-order valence-corrected chi connectivity index (χ4v) is 1.66. The Labute approximate surface area is 106 Å². The first-order chi connectivity index (χ1) is 8.83. The van der Waals surface area contributed by atoms with Crippen LogP contribution in [-0.2, 0) is 6.54 Å². The highest BCUT2D eigenvalue weighted by Gasteiger charge is 2.05. The molecule has 0 amide bonds. The molecule has 1 aromatic carbocycles. The van der Waals surface area contributed by atoms with E-state index in [1.165, 1.54) is 0 Å². The minimum absolute atomic E-state index is 0.547. The molecular formula is C14H15NO3. The highest BCUT2D eigenvalue weighted by molar-refractivity contribution is 5.76. The minimum atomic E-state index is 0.547. The Hall–Kier alpha value is -2.23. The van der Waals surface area contributed by atoms with Crippen molar-refractivity contribution in [2.24, 2.45) is 0 Å². The largest absolute Gasteiger partial charge is 0.493 e. The molecular weight excluding hydrogens is 230 g/mol. The molecule has 0 spiro atoms. The Morgan fingerprint density at radius 1 is 1.22 bits per heavy atom. The van der Waals surface area contributed by atoms with E-state index in [0.717, 1.165) is 12.8 Å². The fourth-order valence-electron chi connectivity index (χ4n) is 1.66. The monoisotopic (exact) mass is 245 g/mol. The van der Waals surface area contributed by atoms with Gasteiger partial charge in [-0.3, -0.25) is 4.79 Å². The zero-order chi connectivity index (χ0) is 12.8. The number of aromatic nitrogens is 1. The summed E-state index contributed by atoms with van der Waals surface area (Å²) in [5.41, 5.74) is 0.574. The van der Waals surface area contributed by atoms with Gasteiger partial charge >= 0.3 is 0 Å². The molecule has 1 aromatic heterocycles. The minimum Gasteiger partial charge on any atom is -0.493 e. The first kappa shape index (κ1) is 12.2. The van der Waals surface area contributed by atoms with Gasteiger partial charge in [0.25, 0.3) is 0 Å². The van der Waals surface area contributed by atoms with Crippen molar-refractivity contribution in [3.8, 4) is 11.5 Å². The van der Waals surface area contributed by atoms with E-state index in [4.69, 9.17) is 9.47 Å². The molecule has 0 atom stereocenters. The number of hydrogen-bond acceptors (Lipinski definition) is 3. The molecule has 94 valence electrons. The van der Waals surface area contributed by atoms with Crippen LogP contribution in [-0.4, -0.2) is 24.6 Å². The van der Waals surface area contributed by atoms with Gasteiger partial charge in [-0.25, -0.2) is 0 Å². The summed E-state index contributed by atoms with van der Waals surface area (Å²) in [4.78, 5) is 10.7. The van der Waals surface area contributed by atoms with Crippen molar-refractivity contribution in [1.82, 2.24) is 4.57 Å². The molecule has 0 unspecified atom stereocenters. The Morgan fingerprint density at radius 3 is 2.67 bits per heavy atom. The maximum atomic E-state index is 10.7. The lowest BCUT2D eigenvalue weighted by molar-refractivity contribution is 0.112. The normalized spacial score (nSPS) is 10.1. The van der Waals surface area contributed by atoms with E-state index in [-0.39, 0.29) is 0 Å². The van der Waals surface area contributed by atoms with Crippen molar-refractivity contribution in [2.75, 3.05) is 13.7 Å². The van der Waals surface area contributed by atoms with Gasteiger partial charge in [-0.2, -0.15) is 0 Å². The zero-order valence-corrected chi connectivity index (χ0v) is 10.2. The average molecular weight is 245 g/mol. The van der Waals surface area contributed by atoms with Crippen LogP contribution in [0, 0.1) is 0 Å². The highest BCUT2D eigenvalue weighted by atomic mass is 16.5. The van der Waals surface area contributed by atoms with Crippen LogP contribution in [0.1, 0.15) is 10.4 Å². The molecule has 1 heterocycles. The summed E-state index contributed by atoms with van der Waals surface area (Å²) in [5.74, 6) is 1.22. The Kier molecular flexibility index (Phi) is 4.02. The number of rotatable bonds is 6. The summed E-state index contributed by atoms with van der Waals surface area (Å²) in [6, 6.07) is 9.07. The molecule has 0 saturated heterocycles. The Balaban J connectivity index is 1.98. The summed E-state index contributed by atoms with van der Waals surface area (Å²) in [6.45, 7) is 1.32. The molecule has 2 aromatic rings. The van der Waals surface area contributed by atoms with Crippen molar-refractivity contribution in [3.05, 3.63) is 48.3 Å². The zero-order valence-electron chi connectivity index (χ0n) is 10.2. The molecule has 18 heavy (non-hydrogen) atoms. The van der Waals surface area contributed by atoms with Gasteiger partial charge in [0.1, 0.15) is 12.9 Å². The molecule has 0 saturated carbocycles. The van der Waals surface area contributed by atoms with Gasteiger partial charge in [-0.15, -0.1) is 0 Å². The van der Waals surface area contributed by atoms with Crippen molar-refractivity contribution in [1.29, 1.82) is 0 Å². The third kappa shape index (κ3) is 2.91. The van der Waals surface area contributed by atoms with E-state index < -0.39 is 0 Å². The second-order valence-electron chi connectivity index (χ2n) is 3.80. The average Bonchev–Trinajstić information content (AvgIpc) is 2.92. The maximum Gasteiger partial charge on any atom is 0.161 e. The van der Waals surface area contributed by atoms with Crippen LogP contribution in [0.5, 0.6) is 11.5 Å². The lowest BCUT2D eigenvalue weighted by Crippen LogP contribution is -2.07. The maximum absolute atomic E-state index is 10.7. The van der Waals surface area contributed by atoms with Crippen LogP contribution in [0.15, 0.2) is 42.7 Å². The first-order valence-electron chi connectivity index (χ1n) is 5.70. The van der Waals surface area contributed by atoms with Gasteiger partial charge in [-0.1, -0.05) is 0 Å². The van der Waals surface area contributed by atoms with Gasteiger partial charge in [0, 0.05) is 18.0 Å². The number of carbonyl (C=O) groups is 1. The Morgan fingerprint density at radius 2 is 2.00 bits per heavy atom. The fraction of sp³-hybridized carbons (Fsp3) is 0.214. The summed E-state index contributed by atoms with van der Waals surface area (Å²) in [6.07, 6.45) is 4.75. The van der Waals surface area contributed by atoms with E-state index in [0.29, 0.717) is 23.7 Å². The number of carbonyl (C=O) groups excluding carboxylic acids is 1. The third-order valence-electron chi connectivity index (χ3n) is 2.60. The number of ether oxygens (including phenoxy) is 2. The smallest absolute Gasteiger partial charge is 0.161 e. The third-order valence-corrected chi connectivity index (χ3v) is 2.60. The predicted octanol–water partition coefficient (Wildman–Crippen LogP) is 2.39. The SMILES string of the molecule is COc1cc(C=O)ccc1OCCn1cccc1. The molecule has 0 N–H and O–H groups in total. The van der Waals surface area contributed by atoms with Crippen molar-refractivity contribution < 1.29 is 14.3 Å². The van der Waals surface area contributed by atoms with Crippen LogP contribution in [0.2, 0.25) is 0 Å². The number of nitrogens with zero attached hydrogens (tertiary/aromatic N) is 1.